The molecular formula is C20H20Cl2N2O4. The summed E-state index contributed by atoms with van der Waals surface area (Å²) in [5.41, 5.74) is 6.58. The minimum absolute atomic E-state index is 0.218. The number of nitrogens with two attached hydrogens (primary N) is 1. The minimum Gasteiger partial charge on any atom is -0.493 e. The maximum atomic E-state index is 12.8. The lowest BCUT2D eigenvalue weighted by atomic mass is 10.1. The molecule has 2 aromatic carbocycles. The van der Waals surface area contributed by atoms with E-state index in [1.54, 1.807) is 36.4 Å². The number of amides is 2. The zero-order valence-electron chi connectivity index (χ0n) is 15.3. The fourth-order valence-electron chi connectivity index (χ4n) is 3.19. The summed E-state index contributed by atoms with van der Waals surface area (Å²) in [6.07, 6.45) is 1.33. The van der Waals surface area contributed by atoms with Gasteiger partial charge < -0.3 is 20.1 Å². The first-order valence-electron chi connectivity index (χ1n) is 8.75. The van der Waals surface area contributed by atoms with E-state index in [1.165, 1.54) is 12.0 Å². The largest absolute Gasteiger partial charge is 0.493 e. The molecule has 0 spiro atoms. The number of methoxy groups -OCH3 is 1. The molecule has 2 amide bonds. The Bertz CT molecular complexity index is 904. The van der Waals surface area contributed by atoms with Gasteiger partial charge in [0.15, 0.2) is 11.5 Å². The Morgan fingerprint density at radius 2 is 1.96 bits per heavy atom. The molecular weight excluding hydrogens is 403 g/mol. The van der Waals surface area contributed by atoms with E-state index in [9.17, 15) is 9.59 Å². The molecule has 0 saturated carbocycles. The zero-order chi connectivity index (χ0) is 20.3. The standard InChI is InChI=1S/C20H20Cl2N2O4/c1-27-18-9-12(20(26)24-8-2-3-16(24)19(23)25)5-7-17(18)28-11-13-4-6-14(21)10-15(13)22/h4-7,9-10,16H,2-3,8,11H2,1H3,(H2,23,25). The molecule has 8 heteroatoms. The molecule has 1 heterocycles. The average Bonchev–Trinajstić information content (AvgIpc) is 3.17. The van der Waals surface area contributed by atoms with Gasteiger partial charge in [0.1, 0.15) is 12.6 Å². The number of hydrogen-bond donors (Lipinski definition) is 1. The fraction of sp³-hybridized carbons (Fsp3) is 0.300. The molecule has 0 radical (unpaired) electrons. The molecule has 148 valence electrons. The molecule has 28 heavy (non-hydrogen) atoms. The summed E-state index contributed by atoms with van der Waals surface area (Å²) in [5.74, 6) is 0.133. The summed E-state index contributed by atoms with van der Waals surface area (Å²) < 4.78 is 11.2. The van der Waals surface area contributed by atoms with Crippen molar-refractivity contribution >= 4 is 35.0 Å². The average molecular weight is 423 g/mol. The van der Waals surface area contributed by atoms with E-state index in [1.807, 2.05) is 0 Å². The van der Waals surface area contributed by atoms with Gasteiger partial charge in [-0.1, -0.05) is 29.3 Å². The summed E-state index contributed by atoms with van der Waals surface area (Å²) in [4.78, 5) is 25.9. The number of likely N-dealkylation sites (tertiary alicyclic amines) is 1. The van der Waals surface area contributed by atoms with E-state index in [0.29, 0.717) is 40.1 Å². The second-order valence-electron chi connectivity index (χ2n) is 6.45. The first-order valence-corrected chi connectivity index (χ1v) is 9.51. The van der Waals surface area contributed by atoms with Crippen LogP contribution in [0.15, 0.2) is 36.4 Å². The van der Waals surface area contributed by atoms with Crippen molar-refractivity contribution in [1.29, 1.82) is 0 Å². The van der Waals surface area contributed by atoms with Crippen molar-refractivity contribution in [2.75, 3.05) is 13.7 Å². The highest BCUT2D eigenvalue weighted by Gasteiger charge is 2.33. The molecule has 2 aromatic rings. The van der Waals surface area contributed by atoms with Crippen LogP contribution >= 0.6 is 23.2 Å². The Morgan fingerprint density at radius 3 is 2.64 bits per heavy atom. The first kappa shape index (κ1) is 20.3. The second kappa shape index (κ2) is 8.71. The van der Waals surface area contributed by atoms with Crippen molar-refractivity contribution in [3.05, 3.63) is 57.6 Å². The number of hydrogen-bond acceptors (Lipinski definition) is 4. The molecule has 1 aliphatic heterocycles. The third-order valence-electron chi connectivity index (χ3n) is 4.65. The number of halogens is 2. The Morgan fingerprint density at radius 1 is 1.18 bits per heavy atom. The Kier molecular flexibility index (Phi) is 6.31. The van der Waals surface area contributed by atoms with Crippen LogP contribution in [0, 0.1) is 0 Å². The van der Waals surface area contributed by atoms with Gasteiger partial charge in [0.05, 0.1) is 7.11 Å². The number of nitrogens with zero attached hydrogens (tertiary/aromatic N) is 1. The van der Waals surface area contributed by atoms with E-state index in [0.717, 1.165) is 12.0 Å². The van der Waals surface area contributed by atoms with Gasteiger partial charge in [0, 0.05) is 27.7 Å². The molecule has 0 bridgehead atoms. The zero-order valence-corrected chi connectivity index (χ0v) is 16.8. The van der Waals surface area contributed by atoms with E-state index in [2.05, 4.69) is 0 Å². The van der Waals surface area contributed by atoms with E-state index < -0.39 is 11.9 Å². The first-order chi connectivity index (χ1) is 13.4. The van der Waals surface area contributed by atoms with E-state index in [-0.39, 0.29) is 12.5 Å². The van der Waals surface area contributed by atoms with Crippen LogP contribution in [0.5, 0.6) is 11.5 Å². The molecule has 0 aromatic heterocycles. The molecule has 1 unspecified atom stereocenters. The van der Waals surface area contributed by atoms with Crippen LogP contribution in [-0.4, -0.2) is 36.4 Å². The van der Waals surface area contributed by atoms with Crippen LogP contribution in [-0.2, 0) is 11.4 Å². The van der Waals surface area contributed by atoms with Gasteiger partial charge in [0.2, 0.25) is 5.91 Å². The lowest BCUT2D eigenvalue weighted by Crippen LogP contribution is -2.43. The highest BCUT2D eigenvalue weighted by Crippen LogP contribution is 2.31. The van der Waals surface area contributed by atoms with Crippen molar-refractivity contribution in [3.8, 4) is 11.5 Å². The highest BCUT2D eigenvalue weighted by molar-refractivity contribution is 6.35. The quantitative estimate of drug-likeness (QED) is 0.769. The number of benzene rings is 2. The number of rotatable bonds is 6. The second-order valence-corrected chi connectivity index (χ2v) is 7.29. The van der Waals surface area contributed by atoms with Crippen LogP contribution in [0.2, 0.25) is 10.0 Å². The van der Waals surface area contributed by atoms with Crippen molar-refractivity contribution in [2.24, 2.45) is 5.73 Å². The Labute approximate surface area is 173 Å². The van der Waals surface area contributed by atoms with Crippen molar-refractivity contribution in [1.82, 2.24) is 4.90 Å². The van der Waals surface area contributed by atoms with Crippen molar-refractivity contribution < 1.29 is 19.1 Å². The molecule has 0 aliphatic carbocycles. The predicted octanol–water partition coefficient (Wildman–Crippen LogP) is 3.67. The molecule has 1 fully saturated rings. The van der Waals surface area contributed by atoms with Crippen molar-refractivity contribution in [2.45, 2.75) is 25.5 Å². The van der Waals surface area contributed by atoms with Crippen LogP contribution in [0.25, 0.3) is 0 Å². The van der Waals surface area contributed by atoms with Gasteiger partial charge in [-0.3, -0.25) is 9.59 Å². The third kappa shape index (κ3) is 4.34. The van der Waals surface area contributed by atoms with Gasteiger partial charge in [0.25, 0.3) is 5.91 Å². The maximum Gasteiger partial charge on any atom is 0.254 e. The topological polar surface area (TPSA) is 81.9 Å². The lowest BCUT2D eigenvalue weighted by molar-refractivity contribution is -0.121. The minimum atomic E-state index is -0.568. The molecule has 1 saturated heterocycles. The molecule has 3 rings (SSSR count). The number of carbonyl (C=O) groups excluding carboxylic acids is 2. The van der Waals surface area contributed by atoms with Gasteiger partial charge in [-0.05, 0) is 43.2 Å². The smallest absolute Gasteiger partial charge is 0.254 e. The van der Waals surface area contributed by atoms with Crippen LogP contribution in [0.3, 0.4) is 0 Å². The molecule has 1 aliphatic rings. The highest BCUT2D eigenvalue weighted by atomic mass is 35.5. The predicted molar refractivity (Wildman–Crippen MR) is 107 cm³/mol. The summed E-state index contributed by atoms with van der Waals surface area (Å²) in [5, 5.41) is 1.05. The third-order valence-corrected chi connectivity index (χ3v) is 5.24. The number of ether oxygens (including phenoxy) is 2. The summed E-state index contributed by atoms with van der Waals surface area (Å²) in [7, 11) is 1.49. The fourth-order valence-corrected chi connectivity index (χ4v) is 3.65. The van der Waals surface area contributed by atoms with Gasteiger partial charge in [-0.15, -0.1) is 0 Å². The van der Waals surface area contributed by atoms with Gasteiger partial charge >= 0.3 is 0 Å². The monoisotopic (exact) mass is 422 g/mol. The van der Waals surface area contributed by atoms with E-state index >= 15 is 0 Å². The molecule has 2 N–H and O–H groups in total. The Hall–Kier alpha value is -2.44. The van der Waals surface area contributed by atoms with Crippen LogP contribution < -0.4 is 15.2 Å². The summed E-state index contributed by atoms with van der Waals surface area (Å²) in [6, 6.07) is 9.48. The van der Waals surface area contributed by atoms with Gasteiger partial charge in [-0.2, -0.15) is 0 Å². The van der Waals surface area contributed by atoms with Gasteiger partial charge in [-0.25, -0.2) is 0 Å². The molecule has 1 atom stereocenters. The number of carbonyl (C=O) groups is 2. The molecule has 6 nitrogen and oxygen atoms in total. The summed E-state index contributed by atoms with van der Waals surface area (Å²) >= 11 is 12.1. The number of primary amides is 1. The Balaban J connectivity index is 1.76. The SMILES string of the molecule is COc1cc(C(=O)N2CCCC2C(N)=O)ccc1OCc1ccc(Cl)cc1Cl. The van der Waals surface area contributed by atoms with E-state index in [4.69, 9.17) is 38.4 Å². The van der Waals surface area contributed by atoms with Crippen LogP contribution in [0.4, 0.5) is 0 Å². The maximum absolute atomic E-state index is 12.8. The lowest BCUT2D eigenvalue weighted by Gasteiger charge is -2.22. The van der Waals surface area contributed by atoms with Crippen LogP contribution in [0.1, 0.15) is 28.8 Å². The van der Waals surface area contributed by atoms with Crippen molar-refractivity contribution in [3.63, 3.8) is 0 Å². The summed E-state index contributed by atoms with van der Waals surface area (Å²) in [6.45, 7) is 0.720. The normalized spacial score (nSPS) is 16.1.